The molecule has 0 unspecified atom stereocenters. The number of hydrogen-bond donors (Lipinski definition) is 1. The van der Waals surface area contributed by atoms with Crippen molar-refractivity contribution >= 4 is 17.6 Å². The van der Waals surface area contributed by atoms with Crippen LogP contribution in [-0.2, 0) is 11.8 Å². The van der Waals surface area contributed by atoms with Gasteiger partial charge < -0.3 is 4.74 Å². The van der Waals surface area contributed by atoms with Gasteiger partial charge in [0.15, 0.2) is 0 Å². The smallest absolute Gasteiger partial charge is 0.412 e. The lowest BCUT2D eigenvalue weighted by Gasteiger charge is -2.07. The Labute approximate surface area is 188 Å². The van der Waals surface area contributed by atoms with Crippen LogP contribution in [0.3, 0.4) is 0 Å². The van der Waals surface area contributed by atoms with Crippen molar-refractivity contribution < 1.29 is 13.9 Å². The van der Waals surface area contributed by atoms with Crippen molar-refractivity contribution in [2.24, 2.45) is 7.05 Å². The Morgan fingerprint density at radius 2 is 1.70 bits per heavy atom. The van der Waals surface area contributed by atoms with E-state index in [2.05, 4.69) is 25.1 Å². The van der Waals surface area contributed by atoms with Crippen LogP contribution in [0.1, 0.15) is 0 Å². The van der Waals surface area contributed by atoms with E-state index in [4.69, 9.17) is 0 Å². The molecule has 0 spiro atoms. The molecule has 1 N–H and O–H groups in total. The van der Waals surface area contributed by atoms with E-state index in [1.807, 2.05) is 42.0 Å². The van der Waals surface area contributed by atoms with Crippen LogP contribution in [0.15, 0.2) is 73.3 Å². The Morgan fingerprint density at radius 3 is 2.42 bits per heavy atom. The number of amides is 1. The molecule has 9 heteroatoms. The fourth-order valence-corrected chi connectivity index (χ4v) is 3.65. The number of nitrogens with one attached hydrogen (secondary N) is 1. The third-order valence-electron chi connectivity index (χ3n) is 5.24. The minimum Gasteiger partial charge on any atom is -0.453 e. The minimum atomic E-state index is -0.581. The molecule has 5 aromatic rings. The van der Waals surface area contributed by atoms with Gasteiger partial charge in [0, 0.05) is 42.3 Å². The van der Waals surface area contributed by atoms with Gasteiger partial charge in [0.05, 0.1) is 19.0 Å². The van der Waals surface area contributed by atoms with Crippen LogP contribution in [0, 0.1) is 5.82 Å². The fourth-order valence-electron chi connectivity index (χ4n) is 3.65. The third kappa shape index (κ3) is 3.91. The number of benzene rings is 1. The summed E-state index contributed by atoms with van der Waals surface area (Å²) in [6.45, 7) is 0. The van der Waals surface area contributed by atoms with Gasteiger partial charge in [-0.2, -0.15) is 5.10 Å². The van der Waals surface area contributed by atoms with Gasteiger partial charge in [0.1, 0.15) is 23.0 Å². The molecule has 1 aromatic carbocycles. The molecule has 0 bridgehead atoms. The molecular weight excluding hydrogens is 423 g/mol. The zero-order valence-corrected chi connectivity index (χ0v) is 17.9. The Hall–Kier alpha value is -4.53. The molecule has 0 atom stereocenters. The second-order valence-corrected chi connectivity index (χ2v) is 7.41. The summed E-state index contributed by atoms with van der Waals surface area (Å²) >= 11 is 0. The van der Waals surface area contributed by atoms with Crippen LogP contribution in [0.5, 0.6) is 0 Å². The molecule has 0 saturated carbocycles. The van der Waals surface area contributed by atoms with Crippen LogP contribution in [-0.4, -0.2) is 37.4 Å². The zero-order valence-electron chi connectivity index (χ0n) is 17.9. The number of fused-ring (bicyclic) bond motifs is 1. The number of halogens is 1. The molecule has 33 heavy (non-hydrogen) atoms. The lowest BCUT2D eigenvalue weighted by molar-refractivity contribution is 0.187. The van der Waals surface area contributed by atoms with E-state index in [0.29, 0.717) is 5.82 Å². The van der Waals surface area contributed by atoms with Crippen LogP contribution >= 0.6 is 0 Å². The monoisotopic (exact) mass is 442 g/mol. The van der Waals surface area contributed by atoms with Crippen molar-refractivity contribution in [2.45, 2.75) is 0 Å². The summed E-state index contributed by atoms with van der Waals surface area (Å²) in [5.74, 6) is 0.104. The van der Waals surface area contributed by atoms with Gasteiger partial charge in [0.25, 0.3) is 0 Å². The van der Waals surface area contributed by atoms with Crippen molar-refractivity contribution in [3.63, 3.8) is 0 Å². The molecule has 5 rings (SSSR count). The van der Waals surface area contributed by atoms with E-state index in [1.165, 1.54) is 19.2 Å². The van der Waals surface area contributed by atoms with E-state index >= 15 is 0 Å². The highest BCUT2D eigenvalue weighted by Gasteiger charge is 2.15. The van der Waals surface area contributed by atoms with E-state index in [-0.39, 0.29) is 5.82 Å². The maximum Gasteiger partial charge on any atom is 0.412 e. The molecule has 4 heterocycles. The summed E-state index contributed by atoms with van der Waals surface area (Å²) in [5, 5.41) is 7.18. The van der Waals surface area contributed by atoms with Crippen molar-refractivity contribution in [1.29, 1.82) is 0 Å². The lowest BCUT2D eigenvalue weighted by Crippen LogP contribution is -2.11. The Balaban J connectivity index is 1.55. The number of carbonyl (C=O) groups is 1. The average Bonchev–Trinajstić information content (AvgIpc) is 3.43. The van der Waals surface area contributed by atoms with E-state index < -0.39 is 6.09 Å². The quantitative estimate of drug-likeness (QED) is 0.433. The number of aryl methyl sites for hydroxylation is 1. The topological polar surface area (TPSA) is 86.3 Å². The van der Waals surface area contributed by atoms with Gasteiger partial charge in [-0.1, -0.05) is 12.1 Å². The van der Waals surface area contributed by atoms with Crippen LogP contribution in [0.2, 0.25) is 0 Å². The highest BCUT2D eigenvalue weighted by molar-refractivity contribution is 5.83. The number of rotatable bonds is 4. The summed E-state index contributed by atoms with van der Waals surface area (Å²) in [6, 6.07) is 13.8. The van der Waals surface area contributed by atoms with Crippen molar-refractivity contribution in [3.05, 3.63) is 79.1 Å². The summed E-state index contributed by atoms with van der Waals surface area (Å²) < 4.78 is 21.7. The molecule has 0 aliphatic carbocycles. The third-order valence-corrected chi connectivity index (χ3v) is 5.24. The van der Waals surface area contributed by atoms with Crippen LogP contribution in [0.25, 0.3) is 39.3 Å². The number of nitrogens with zero attached hydrogens (tertiary/aromatic N) is 5. The lowest BCUT2D eigenvalue weighted by atomic mass is 10.0. The maximum atomic E-state index is 13.4. The largest absolute Gasteiger partial charge is 0.453 e. The van der Waals surface area contributed by atoms with E-state index in [9.17, 15) is 9.18 Å². The molecule has 164 valence electrons. The standard InChI is InChI=1S/C24H19FN6O2/c1-30-14-19(15-3-7-18(25)8-4-15)23(29-30)17-6-10-22-27-12-20(31(22)13-17)16-5-9-21(26-11-16)28-24(32)33-2/h3-14H,1-2H3,(H,26,28,32). The number of carbonyl (C=O) groups excluding carboxylic acids is 1. The summed E-state index contributed by atoms with van der Waals surface area (Å²) in [5.41, 5.74) is 5.88. The van der Waals surface area contributed by atoms with Gasteiger partial charge in [-0.05, 0) is 42.0 Å². The number of aromatic nitrogens is 5. The second kappa shape index (κ2) is 8.19. The molecule has 8 nitrogen and oxygen atoms in total. The molecule has 0 aliphatic rings. The van der Waals surface area contributed by atoms with E-state index in [1.54, 1.807) is 35.3 Å². The Kier molecular flexibility index (Phi) is 5.06. The number of ether oxygens (including phenoxy) is 1. The zero-order chi connectivity index (χ0) is 22.9. The van der Waals surface area contributed by atoms with Gasteiger partial charge in [-0.3, -0.25) is 14.4 Å². The number of hydrogen-bond acceptors (Lipinski definition) is 5. The number of pyridine rings is 2. The predicted octanol–water partition coefficient (Wildman–Crippen LogP) is 4.78. The molecular formula is C24H19FN6O2. The summed E-state index contributed by atoms with van der Waals surface area (Å²) in [4.78, 5) is 20.1. The second-order valence-electron chi connectivity index (χ2n) is 7.41. The molecule has 0 saturated heterocycles. The molecule has 0 radical (unpaired) electrons. The summed E-state index contributed by atoms with van der Waals surface area (Å²) in [6.07, 6.45) is 6.73. The number of anilines is 1. The van der Waals surface area contributed by atoms with Crippen molar-refractivity contribution in [3.8, 4) is 33.6 Å². The van der Waals surface area contributed by atoms with Crippen LogP contribution in [0.4, 0.5) is 15.0 Å². The average molecular weight is 442 g/mol. The first-order valence-corrected chi connectivity index (χ1v) is 10.1. The maximum absolute atomic E-state index is 13.4. The summed E-state index contributed by atoms with van der Waals surface area (Å²) in [7, 11) is 3.15. The van der Waals surface area contributed by atoms with Crippen LogP contribution < -0.4 is 5.32 Å². The van der Waals surface area contributed by atoms with Gasteiger partial charge >= 0.3 is 6.09 Å². The fraction of sp³-hybridized carbons (Fsp3) is 0.0833. The first-order chi connectivity index (χ1) is 16.0. The van der Waals surface area contributed by atoms with Gasteiger partial charge in [-0.25, -0.2) is 19.2 Å². The Morgan fingerprint density at radius 1 is 0.939 bits per heavy atom. The van der Waals surface area contributed by atoms with Gasteiger partial charge in [0.2, 0.25) is 0 Å². The minimum absolute atomic E-state index is 0.282. The van der Waals surface area contributed by atoms with E-state index in [0.717, 1.165) is 39.3 Å². The molecule has 0 aliphatic heterocycles. The molecule has 1 amide bonds. The first-order valence-electron chi connectivity index (χ1n) is 10.1. The number of methoxy groups -OCH3 is 1. The normalized spacial score (nSPS) is 11.0. The Bertz CT molecular complexity index is 1460. The SMILES string of the molecule is COC(=O)Nc1ccc(-c2cnc3ccc(-c4nn(C)cc4-c4ccc(F)cc4)cn23)cn1. The predicted molar refractivity (Wildman–Crippen MR) is 122 cm³/mol. The first kappa shape index (κ1) is 20.4. The highest BCUT2D eigenvalue weighted by Crippen LogP contribution is 2.32. The number of imidazole rings is 1. The van der Waals surface area contributed by atoms with Gasteiger partial charge in [-0.15, -0.1) is 0 Å². The van der Waals surface area contributed by atoms with Crippen molar-refractivity contribution in [1.82, 2.24) is 24.1 Å². The molecule has 0 fully saturated rings. The highest BCUT2D eigenvalue weighted by atomic mass is 19.1. The van der Waals surface area contributed by atoms with Crippen molar-refractivity contribution in [2.75, 3.05) is 12.4 Å². The molecule has 4 aromatic heterocycles.